The highest BCUT2D eigenvalue weighted by molar-refractivity contribution is 6.26. The number of nitrogens with zero attached hydrogens (tertiary/aromatic N) is 2. The average Bonchev–Trinajstić information content (AvgIpc) is 2.44. The maximum atomic E-state index is 12.6. The van der Waals surface area contributed by atoms with Crippen molar-refractivity contribution in [3.05, 3.63) is 62.8 Å². The Hall–Kier alpha value is -2.56. The average molecular weight is 268 g/mol. The van der Waals surface area contributed by atoms with Crippen LogP contribution in [0.2, 0.25) is 0 Å². The van der Waals surface area contributed by atoms with E-state index in [1.165, 1.54) is 12.3 Å². The lowest BCUT2D eigenvalue weighted by Crippen LogP contribution is -2.32. The highest BCUT2D eigenvalue weighted by atomic mass is 16.1. The number of hydrogen-bond donors (Lipinski definition) is 0. The minimum absolute atomic E-state index is 0.0665. The molecule has 3 rings (SSSR count). The zero-order valence-electron chi connectivity index (χ0n) is 11.1. The second kappa shape index (κ2) is 4.23. The van der Waals surface area contributed by atoms with Gasteiger partial charge in [0.15, 0.2) is 5.43 Å². The number of rotatable bonds is 1. The van der Waals surface area contributed by atoms with Gasteiger partial charge in [0.2, 0.25) is 11.6 Å². The van der Waals surface area contributed by atoms with Crippen molar-refractivity contribution in [3.8, 4) is 0 Å². The molecular formula is C15H12N2O3. The van der Waals surface area contributed by atoms with Gasteiger partial charge in [-0.05, 0) is 25.5 Å². The van der Waals surface area contributed by atoms with Crippen molar-refractivity contribution in [2.45, 2.75) is 20.4 Å². The molecule has 0 aliphatic heterocycles. The van der Waals surface area contributed by atoms with Crippen molar-refractivity contribution >= 4 is 11.6 Å². The summed E-state index contributed by atoms with van der Waals surface area (Å²) in [6.07, 6.45) is 3.07. The quantitative estimate of drug-likeness (QED) is 0.668. The van der Waals surface area contributed by atoms with E-state index in [0.717, 1.165) is 5.56 Å². The van der Waals surface area contributed by atoms with Gasteiger partial charge in [-0.2, -0.15) is 0 Å². The van der Waals surface area contributed by atoms with Gasteiger partial charge in [-0.25, -0.2) is 0 Å². The second-order valence-corrected chi connectivity index (χ2v) is 4.76. The number of carbonyl (C=O) groups is 2. The van der Waals surface area contributed by atoms with E-state index < -0.39 is 11.2 Å². The number of fused-ring (bicyclic) bond motifs is 2. The lowest BCUT2D eigenvalue weighted by molar-refractivity contribution is 0.0966. The highest BCUT2D eigenvalue weighted by Gasteiger charge is 2.34. The van der Waals surface area contributed by atoms with Crippen LogP contribution in [0, 0.1) is 6.92 Å². The number of aromatic nitrogens is 2. The van der Waals surface area contributed by atoms with Crippen LogP contribution in [0.3, 0.4) is 0 Å². The number of carbonyl (C=O) groups excluding carboxylic acids is 2. The molecule has 5 nitrogen and oxygen atoms in total. The summed E-state index contributed by atoms with van der Waals surface area (Å²) in [6, 6.07) is 2.95. The third kappa shape index (κ3) is 1.56. The standard InChI is InChI=1S/C15H12N2O3/c1-3-17-5-4-10(18)11-13(17)14(19)9-6-8(2)7-16-12(9)15(11)20/h4-7H,3H2,1-2H3. The molecule has 1 aliphatic carbocycles. The molecule has 2 heterocycles. The Morgan fingerprint density at radius 2 is 1.95 bits per heavy atom. The number of hydrogen-bond acceptors (Lipinski definition) is 4. The van der Waals surface area contributed by atoms with Crippen LogP contribution >= 0.6 is 0 Å². The lowest BCUT2D eigenvalue weighted by Gasteiger charge is -2.20. The van der Waals surface area contributed by atoms with Gasteiger partial charge in [0.25, 0.3) is 0 Å². The minimum Gasteiger partial charge on any atom is -0.344 e. The molecule has 0 atom stereocenters. The zero-order chi connectivity index (χ0) is 14.4. The molecule has 0 spiro atoms. The van der Waals surface area contributed by atoms with Crippen molar-refractivity contribution < 1.29 is 9.59 Å². The summed E-state index contributed by atoms with van der Waals surface area (Å²) in [5, 5.41) is 0. The van der Waals surface area contributed by atoms with Crippen molar-refractivity contribution in [3.63, 3.8) is 0 Å². The topological polar surface area (TPSA) is 69.0 Å². The Kier molecular flexibility index (Phi) is 2.64. The molecule has 0 N–H and O–H groups in total. The molecule has 0 saturated heterocycles. The van der Waals surface area contributed by atoms with Crippen LogP contribution in [-0.2, 0) is 6.54 Å². The van der Waals surface area contributed by atoms with Gasteiger partial charge in [0, 0.05) is 25.0 Å². The maximum Gasteiger partial charge on any atom is 0.218 e. The summed E-state index contributed by atoms with van der Waals surface area (Å²) in [6.45, 7) is 4.17. The molecule has 2 aromatic rings. The molecule has 0 amide bonds. The molecule has 100 valence electrons. The van der Waals surface area contributed by atoms with E-state index in [1.54, 1.807) is 23.8 Å². The van der Waals surface area contributed by atoms with Crippen LogP contribution in [0.15, 0.2) is 29.3 Å². The summed E-state index contributed by atoms with van der Waals surface area (Å²) < 4.78 is 1.63. The number of ketones is 2. The number of pyridine rings is 2. The molecule has 0 radical (unpaired) electrons. The van der Waals surface area contributed by atoms with Crippen LogP contribution in [0.1, 0.15) is 44.6 Å². The van der Waals surface area contributed by atoms with E-state index in [4.69, 9.17) is 0 Å². The van der Waals surface area contributed by atoms with Gasteiger partial charge >= 0.3 is 0 Å². The molecule has 1 aliphatic rings. The van der Waals surface area contributed by atoms with Crippen LogP contribution in [0.25, 0.3) is 0 Å². The third-order valence-corrected chi connectivity index (χ3v) is 3.44. The molecule has 0 unspecified atom stereocenters. The largest absolute Gasteiger partial charge is 0.344 e. The fourth-order valence-corrected chi connectivity index (χ4v) is 2.47. The number of aryl methyl sites for hydroxylation is 2. The molecular weight excluding hydrogens is 256 g/mol. The Labute approximate surface area is 114 Å². The van der Waals surface area contributed by atoms with Crippen LogP contribution < -0.4 is 5.43 Å². The lowest BCUT2D eigenvalue weighted by atomic mass is 9.89. The monoisotopic (exact) mass is 268 g/mol. The van der Waals surface area contributed by atoms with Crippen LogP contribution in [0.4, 0.5) is 0 Å². The van der Waals surface area contributed by atoms with Crippen molar-refractivity contribution in [1.29, 1.82) is 0 Å². The van der Waals surface area contributed by atoms with Crippen molar-refractivity contribution in [2.75, 3.05) is 0 Å². The first-order valence-electron chi connectivity index (χ1n) is 6.34. The smallest absolute Gasteiger partial charge is 0.218 e. The fraction of sp³-hybridized carbons (Fsp3) is 0.200. The Bertz CT molecular complexity index is 818. The van der Waals surface area contributed by atoms with E-state index in [2.05, 4.69) is 4.98 Å². The Morgan fingerprint density at radius 1 is 1.20 bits per heavy atom. The van der Waals surface area contributed by atoms with Gasteiger partial charge in [-0.1, -0.05) is 0 Å². The summed E-state index contributed by atoms with van der Waals surface area (Å²) in [4.78, 5) is 41.0. The van der Waals surface area contributed by atoms with Gasteiger partial charge < -0.3 is 4.57 Å². The molecule has 0 saturated carbocycles. The first kappa shape index (κ1) is 12.5. The Balaban J connectivity index is 2.40. The maximum absolute atomic E-state index is 12.6. The second-order valence-electron chi connectivity index (χ2n) is 4.76. The molecule has 0 aromatic carbocycles. The van der Waals surface area contributed by atoms with E-state index in [0.29, 0.717) is 6.54 Å². The summed E-state index contributed by atoms with van der Waals surface area (Å²) in [7, 11) is 0. The first-order chi connectivity index (χ1) is 9.54. The van der Waals surface area contributed by atoms with E-state index in [-0.39, 0.29) is 28.3 Å². The summed E-state index contributed by atoms with van der Waals surface area (Å²) in [5.74, 6) is -0.784. The van der Waals surface area contributed by atoms with Crippen LogP contribution in [0.5, 0.6) is 0 Å². The zero-order valence-corrected chi connectivity index (χ0v) is 11.1. The van der Waals surface area contributed by atoms with Gasteiger partial charge in [-0.15, -0.1) is 0 Å². The van der Waals surface area contributed by atoms with E-state index in [9.17, 15) is 14.4 Å². The summed E-state index contributed by atoms with van der Waals surface area (Å²) >= 11 is 0. The molecule has 2 aromatic heterocycles. The SMILES string of the molecule is CCn1ccc(=O)c2c1C(=O)c1cc(C)cnc1C2=O. The van der Waals surface area contributed by atoms with Gasteiger partial charge in [0.1, 0.15) is 11.4 Å². The van der Waals surface area contributed by atoms with E-state index >= 15 is 0 Å². The highest BCUT2D eigenvalue weighted by Crippen LogP contribution is 2.24. The Morgan fingerprint density at radius 3 is 2.65 bits per heavy atom. The minimum atomic E-state index is -0.470. The van der Waals surface area contributed by atoms with E-state index in [1.807, 2.05) is 6.92 Å². The normalized spacial score (nSPS) is 13.1. The molecule has 5 heteroatoms. The first-order valence-corrected chi connectivity index (χ1v) is 6.34. The molecule has 20 heavy (non-hydrogen) atoms. The van der Waals surface area contributed by atoms with Crippen molar-refractivity contribution in [1.82, 2.24) is 9.55 Å². The van der Waals surface area contributed by atoms with Crippen LogP contribution in [-0.4, -0.2) is 21.1 Å². The third-order valence-electron chi connectivity index (χ3n) is 3.44. The molecule has 0 fully saturated rings. The predicted octanol–water partition coefficient (Wildman–Crippen LogP) is 1.35. The van der Waals surface area contributed by atoms with Crippen molar-refractivity contribution in [2.24, 2.45) is 0 Å². The van der Waals surface area contributed by atoms with Gasteiger partial charge in [0.05, 0.1) is 11.1 Å². The summed E-state index contributed by atoms with van der Waals surface area (Å²) in [5.41, 5.74) is 0.813. The van der Waals surface area contributed by atoms with Gasteiger partial charge in [-0.3, -0.25) is 19.4 Å². The molecule has 0 bridgehead atoms. The fourth-order valence-electron chi connectivity index (χ4n) is 2.47. The predicted molar refractivity (Wildman–Crippen MR) is 72.2 cm³/mol.